The van der Waals surface area contributed by atoms with Crippen LogP contribution in [0.5, 0.6) is 0 Å². The van der Waals surface area contributed by atoms with E-state index in [1.165, 1.54) is 28.5 Å². The van der Waals surface area contributed by atoms with E-state index in [-0.39, 0.29) is 6.10 Å². The largest absolute Gasteiger partial charge is 0.393 e. The van der Waals surface area contributed by atoms with Crippen LogP contribution < -0.4 is 5.32 Å². The van der Waals surface area contributed by atoms with Crippen molar-refractivity contribution in [1.82, 2.24) is 9.88 Å². The lowest BCUT2D eigenvalue weighted by molar-refractivity contribution is 0.0793. The minimum Gasteiger partial charge on any atom is -0.393 e. The zero-order valence-electron chi connectivity index (χ0n) is 11.1. The van der Waals surface area contributed by atoms with Crippen molar-refractivity contribution in [3.8, 4) is 0 Å². The summed E-state index contributed by atoms with van der Waals surface area (Å²) in [7, 11) is 0. The van der Waals surface area contributed by atoms with Crippen LogP contribution in [0, 0.1) is 5.92 Å². The molecule has 2 unspecified atom stereocenters. The zero-order valence-corrected chi connectivity index (χ0v) is 11.1. The van der Waals surface area contributed by atoms with Crippen LogP contribution in [0.25, 0.3) is 10.9 Å². The first-order chi connectivity index (χ1) is 9.33. The molecule has 19 heavy (non-hydrogen) atoms. The third-order valence-electron chi connectivity index (χ3n) is 4.74. The maximum absolute atomic E-state index is 10.1. The number of rotatable bonds is 2. The lowest BCUT2D eigenvalue weighted by atomic mass is 9.89. The van der Waals surface area contributed by atoms with Gasteiger partial charge >= 0.3 is 0 Å². The lowest BCUT2D eigenvalue weighted by Gasteiger charge is -2.28. The summed E-state index contributed by atoms with van der Waals surface area (Å²) in [5.74, 6) is 0.357. The fourth-order valence-electron chi connectivity index (χ4n) is 3.69. The predicted octanol–water partition coefficient (Wildman–Crippen LogP) is 1.71. The topological polar surface area (TPSA) is 37.2 Å². The number of nitrogens with zero attached hydrogens (tertiary/aromatic N) is 1. The van der Waals surface area contributed by atoms with Crippen LogP contribution in [0.3, 0.4) is 0 Å². The van der Waals surface area contributed by atoms with E-state index in [4.69, 9.17) is 0 Å². The Bertz CT molecular complexity index is 616. The van der Waals surface area contributed by atoms with Gasteiger partial charge in [-0.15, -0.1) is 0 Å². The van der Waals surface area contributed by atoms with Crippen molar-refractivity contribution in [2.45, 2.75) is 31.9 Å². The summed E-state index contributed by atoms with van der Waals surface area (Å²) in [6.07, 6.45) is 5.20. The molecular weight excluding hydrogens is 236 g/mol. The van der Waals surface area contributed by atoms with Gasteiger partial charge in [0.2, 0.25) is 0 Å². The minimum absolute atomic E-state index is 0.147. The summed E-state index contributed by atoms with van der Waals surface area (Å²) < 4.78 is 2.39. The number of benzene rings is 1. The minimum atomic E-state index is -0.147. The maximum Gasteiger partial charge on any atom is 0.0595 e. The van der Waals surface area contributed by atoms with Crippen molar-refractivity contribution < 1.29 is 5.11 Å². The van der Waals surface area contributed by atoms with E-state index in [1.54, 1.807) is 0 Å². The number of hydrogen-bond donors (Lipinski definition) is 2. The molecule has 2 atom stereocenters. The third kappa shape index (κ3) is 1.80. The highest BCUT2D eigenvalue weighted by atomic mass is 16.3. The van der Waals surface area contributed by atoms with Crippen molar-refractivity contribution in [2.24, 2.45) is 5.92 Å². The molecular formula is C16H20N2O. The molecule has 2 aromatic rings. The molecule has 1 fully saturated rings. The SMILES string of the molecule is OC1CCNCC1Cc1cn2c3c(cccc13)CC2. The average molecular weight is 256 g/mol. The van der Waals surface area contributed by atoms with Crippen molar-refractivity contribution in [2.75, 3.05) is 13.1 Å². The van der Waals surface area contributed by atoms with Gasteiger partial charge in [0, 0.05) is 30.6 Å². The van der Waals surface area contributed by atoms with Gasteiger partial charge in [-0.05, 0) is 36.9 Å². The van der Waals surface area contributed by atoms with Crippen LogP contribution in [0.1, 0.15) is 17.5 Å². The second kappa shape index (κ2) is 4.36. The molecule has 3 nitrogen and oxygen atoms in total. The molecule has 2 aliphatic heterocycles. The van der Waals surface area contributed by atoms with Gasteiger partial charge in [-0.1, -0.05) is 18.2 Å². The van der Waals surface area contributed by atoms with Gasteiger partial charge in [0.05, 0.1) is 11.6 Å². The van der Waals surface area contributed by atoms with E-state index < -0.39 is 0 Å². The maximum atomic E-state index is 10.1. The second-order valence-corrected chi connectivity index (χ2v) is 5.94. The molecule has 1 saturated heterocycles. The molecule has 4 rings (SSSR count). The van der Waals surface area contributed by atoms with Crippen molar-refractivity contribution in [3.05, 3.63) is 35.5 Å². The fourth-order valence-corrected chi connectivity index (χ4v) is 3.69. The molecule has 2 N–H and O–H groups in total. The summed E-state index contributed by atoms with van der Waals surface area (Å²) in [5.41, 5.74) is 4.31. The van der Waals surface area contributed by atoms with Crippen LogP contribution >= 0.6 is 0 Å². The summed E-state index contributed by atoms with van der Waals surface area (Å²) in [5, 5.41) is 14.9. The normalized spacial score (nSPS) is 26.2. The van der Waals surface area contributed by atoms with Crippen molar-refractivity contribution >= 4 is 10.9 Å². The van der Waals surface area contributed by atoms with Crippen LogP contribution in [0.2, 0.25) is 0 Å². The number of aliphatic hydroxyl groups is 1. The number of aryl methyl sites for hydroxylation is 2. The first-order valence-corrected chi connectivity index (χ1v) is 7.31. The molecule has 0 amide bonds. The Morgan fingerprint density at radius 2 is 2.32 bits per heavy atom. The Kier molecular flexibility index (Phi) is 2.64. The highest BCUT2D eigenvalue weighted by molar-refractivity contribution is 5.88. The first-order valence-electron chi connectivity index (χ1n) is 7.31. The highest BCUT2D eigenvalue weighted by Crippen LogP contribution is 2.32. The number of para-hydroxylation sites is 1. The number of hydrogen-bond acceptors (Lipinski definition) is 2. The molecule has 3 heterocycles. The van der Waals surface area contributed by atoms with Gasteiger partial charge in [0.1, 0.15) is 0 Å². The molecule has 2 aliphatic rings. The Hall–Kier alpha value is -1.32. The van der Waals surface area contributed by atoms with Gasteiger partial charge in [-0.3, -0.25) is 0 Å². The van der Waals surface area contributed by atoms with Crippen LogP contribution in [-0.2, 0) is 19.4 Å². The molecule has 0 saturated carbocycles. The molecule has 3 heteroatoms. The van der Waals surface area contributed by atoms with E-state index in [0.29, 0.717) is 5.92 Å². The predicted molar refractivity (Wildman–Crippen MR) is 76.3 cm³/mol. The van der Waals surface area contributed by atoms with Gasteiger partial charge < -0.3 is 15.0 Å². The number of nitrogens with one attached hydrogen (secondary N) is 1. The standard InChI is InChI=1S/C16H20N2O/c19-15-4-6-17-9-12(15)8-13-10-18-7-5-11-2-1-3-14(13)16(11)18/h1-3,10,12,15,17,19H,4-9H2. The molecule has 1 aromatic carbocycles. The molecule has 0 radical (unpaired) electrons. The summed E-state index contributed by atoms with van der Waals surface area (Å²) in [6, 6.07) is 6.65. The Labute approximate surface area is 113 Å². The fraction of sp³-hybridized carbons (Fsp3) is 0.500. The quantitative estimate of drug-likeness (QED) is 0.858. The Balaban J connectivity index is 1.70. The van der Waals surface area contributed by atoms with Crippen molar-refractivity contribution in [3.63, 3.8) is 0 Å². The zero-order chi connectivity index (χ0) is 12.8. The van der Waals surface area contributed by atoms with E-state index in [0.717, 1.165) is 32.5 Å². The van der Waals surface area contributed by atoms with Crippen LogP contribution in [0.4, 0.5) is 0 Å². The van der Waals surface area contributed by atoms with Gasteiger partial charge in [-0.25, -0.2) is 0 Å². The highest BCUT2D eigenvalue weighted by Gasteiger charge is 2.25. The first kappa shape index (κ1) is 11.5. The average Bonchev–Trinajstić information content (AvgIpc) is 2.99. The Morgan fingerprint density at radius 1 is 1.37 bits per heavy atom. The molecule has 0 aliphatic carbocycles. The molecule has 0 spiro atoms. The molecule has 1 aromatic heterocycles. The van der Waals surface area contributed by atoms with Crippen molar-refractivity contribution in [1.29, 1.82) is 0 Å². The van der Waals surface area contributed by atoms with Gasteiger partial charge in [-0.2, -0.15) is 0 Å². The van der Waals surface area contributed by atoms with E-state index in [9.17, 15) is 5.11 Å². The van der Waals surface area contributed by atoms with Crippen LogP contribution in [-0.4, -0.2) is 28.9 Å². The lowest BCUT2D eigenvalue weighted by Crippen LogP contribution is -2.40. The monoisotopic (exact) mass is 256 g/mol. The van der Waals surface area contributed by atoms with Gasteiger partial charge in [0.25, 0.3) is 0 Å². The van der Waals surface area contributed by atoms with E-state index in [1.807, 2.05) is 0 Å². The molecule has 0 bridgehead atoms. The number of aromatic nitrogens is 1. The number of aliphatic hydroxyl groups excluding tert-OH is 1. The van der Waals surface area contributed by atoms with Crippen LogP contribution in [0.15, 0.2) is 24.4 Å². The van der Waals surface area contributed by atoms with E-state index in [2.05, 4.69) is 34.3 Å². The summed E-state index contributed by atoms with van der Waals surface area (Å²) in [6.45, 7) is 3.00. The van der Waals surface area contributed by atoms with E-state index >= 15 is 0 Å². The third-order valence-corrected chi connectivity index (χ3v) is 4.74. The van der Waals surface area contributed by atoms with Gasteiger partial charge in [0.15, 0.2) is 0 Å². The number of piperidine rings is 1. The Morgan fingerprint density at radius 3 is 3.21 bits per heavy atom. The molecule has 100 valence electrons. The second-order valence-electron chi connectivity index (χ2n) is 5.94. The summed E-state index contributed by atoms with van der Waals surface area (Å²) >= 11 is 0. The summed E-state index contributed by atoms with van der Waals surface area (Å²) in [4.78, 5) is 0. The smallest absolute Gasteiger partial charge is 0.0595 e.